The normalized spacial score (nSPS) is 16.5. The molecule has 0 unspecified atom stereocenters. The predicted molar refractivity (Wildman–Crippen MR) is 125 cm³/mol. The highest BCUT2D eigenvalue weighted by molar-refractivity contribution is 5.92. The Morgan fingerprint density at radius 2 is 1.91 bits per heavy atom. The molecule has 0 spiro atoms. The van der Waals surface area contributed by atoms with Crippen LogP contribution in [0.15, 0.2) is 60.8 Å². The van der Waals surface area contributed by atoms with Crippen LogP contribution in [0.3, 0.4) is 0 Å². The molecule has 1 amide bonds. The summed E-state index contributed by atoms with van der Waals surface area (Å²) >= 11 is 0. The molecule has 1 atom stereocenters. The molecule has 2 aromatic carbocycles. The molecule has 166 valence electrons. The SMILES string of the molecule is CN(C)c1ncc(-c2ccccc2)c([C@@H]2CCCN(CC(=O)Nc3ccccc3F)C2)n1. The monoisotopic (exact) mass is 433 g/mol. The van der Waals surface area contributed by atoms with Gasteiger partial charge in [-0.3, -0.25) is 9.69 Å². The van der Waals surface area contributed by atoms with Gasteiger partial charge in [0.15, 0.2) is 0 Å². The molecule has 0 saturated carbocycles. The summed E-state index contributed by atoms with van der Waals surface area (Å²) in [6, 6.07) is 16.4. The lowest BCUT2D eigenvalue weighted by atomic mass is 9.90. The van der Waals surface area contributed by atoms with Crippen molar-refractivity contribution in [1.29, 1.82) is 0 Å². The number of nitrogens with zero attached hydrogens (tertiary/aromatic N) is 4. The number of carbonyl (C=O) groups is 1. The van der Waals surface area contributed by atoms with Gasteiger partial charge in [0.05, 0.1) is 17.9 Å². The Morgan fingerprint density at radius 1 is 1.16 bits per heavy atom. The largest absolute Gasteiger partial charge is 0.347 e. The number of aromatic nitrogens is 2. The second-order valence-corrected chi connectivity index (χ2v) is 8.33. The molecule has 1 aliphatic heterocycles. The van der Waals surface area contributed by atoms with E-state index in [-0.39, 0.29) is 24.1 Å². The summed E-state index contributed by atoms with van der Waals surface area (Å²) in [6.07, 6.45) is 3.86. The Morgan fingerprint density at radius 3 is 2.66 bits per heavy atom. The summed E-state index contributed by atoms with van der Waals surface area (Å²) in [5, 5.41) is 2.69. The van der Waals surface area contributed by atoms with Crippen molar-refractivity contribution >= 4 is 17.5 Å². The predicted octanol–water partition coefficient (Wildman–Crippen LogP) is 4.17. The molecular formula is C25H28FN5O. The van der Waals surface area contributed by atoms with Gasteiger partial charge in [-0.2, -0.15) is 0 Å². The van der Waals surface area contributed by atoms with Crippen LogP contribution in [-0.4, -0.2) is 54.5 Å². The average molecular weight is 434 g/mol. The van der Waals surface area contributed by atoms with Gasteiger partial charge in [-0.05, 0) is 37.1 Å². The highest BCUT2D eigenvalue weighted by atomic mass is 19.1. The lowest BCUT2D eigenvalue weighted by Gasteiger charge is -2.33. The lowest BCUT2D eigenvalue weighted by Crippen LogP contribution is -2.40. The van der Waals surface area contributed by atoms with Crippen LogP contribution in [-0.2, 0) is 4.79 Å². The third kappa shape index (κ3) is 5.11. The van der Waals surface area contributed by atoms with Crippen molar-refractivity contribution in [2.24, 2.45) is 0 Å². The van der Waals surface area contributed by atoms with Crippen molar-refractivity contribution in [3.63, 3.8) is 0 Å². The molecule has 6 nitrogen and oxygen atoms in total. The number of likely N-dealkylation sites (tertiary alicyclic amines) is 1. The van der Waals surface area contributed by atoms with E-state index in [1.807, 2.05) is 43.4 Å². The minimum absolute atomic E-state index is 0.182. The van der Waals surface area contributed by atoms with E-state index >= 15 is 0 Å². The lowest BCUT2D eigenvalue weighted by molar-refractivity contribution is -0.117. The third-order valence-electron chi connectivity index (χ3n) is 5.70. The Kier molecular flexibility index (Phi) is 6.75. The van der Waals surface area contributed by atoms with Crippen molar-refractivity contribution in [1.82, 2.24) is 14.9 Å². The van der Waals surface area contributed by atoms with Gasteiger partial charge >= 0.3 is 0 Å². The van der Waals surface area contributed by atoms with Gasteiger partial charge in [0, 0.05) is 38.3 Å². The maximum atomic E-state index is 13.9. The number of amides is 1. The van der Waals surface area contributed by atoms with Gasteiger partial charge in [-0.25, -0.2) is 14.4 Å². The van der Waals surface area contributed by atoms with Crippen molar-refractivity contribution in [3.8, 4) is 11.1 Å². The number of hydrogen-bond donors (Lipinski definition) is 1. The Labute approximate surface area is 188 Å². The molecule has 1 aromatic heterocycles. The fraction of sp³-hybridized carbons (Fsp3) is 0.320. The number of carbonyl (C=O) groups excluding carboxylic acids is 1. The zero-order valence-electron chi connectivity index (χ0n) is 18.5. The highest BCUT2D eigenvalue weighted by Crippen LogP contribution is 2.33. The second-order valence-electron chi connectivity index (χ2n) is 8.33. The van der Waals surface area contributed by atoms with E-state index in [1.165, 1.54) is 6.07 Å². The molecule has 1 fully saturated rings. The molecule has 0 radical (unpaired) electrons. The first-order valence-electron chi connectivity index (χ1n) is 10.9. The summed E-state index contributed by atoms with van der Waals surface area (Å²) in [5.74, 6) is 0.216. The molecule has 1 aliphatic rings. The summed E-state index contributed by atoms with van der Waals surface area (Å²) in [4.78, 5) is 26.0. The summed E-state index contributed by atoms with van der Waals surface area (Å²) in [6.45, 7) is 1.76. The number of hydrogen-bond acceptors (Lipinski definition) is 5. The zero-order valence-corrected chi connectivity index (χ0v) is 18.5. The Bertz CT molecular complexity index is 1070. The zero-order chi connectivity index (χ0) is 22.5. The van der Waals surface area contributed by atoms with E-state index in [0.717, 1.165) is 36.2 Å². The number of halogens is 1. The molecule has 7 heteroatoms. The van der Waals surface area contributed by atoms with Crippen molar-refractivity contribution in [3.05, 3.63) is 72.3 Å². The number of nitrogens with one attached hydrogen (secondary N) is 1. The van der Waals surface area contributed by atoms with Crippen LogP contribution in [0.5, 0.6) is 0 Å². The minimum atomic E-state index is -0.429. The van der Waals surface area contributed by atoms with Gasteiger partial charge < -0.3 is 10.2 Å². The van der Waals surface area contributed by atoms with E-state index in [2.05, 4.69) is 27.3 Å². The van der Waals surface area contributed by atoms with Gasteiger partial charge in [-0.1, -0.05) is 42.5 Å². The topological polar surface area (TPSA) is 61.4 Å². The number of anilines is 2. The molecule has 2 heterocycles. The van der Waals surface area contributed by atoms with Crippen LogP contribution in [0, 0.1) is 5.82 Å². The molecule has 1 N–H and O–H groups in total. The average Bonchev–Trinajstić information content (AvgIpc) is 2.81. The molecular weight excluding hydrogens is 405 g/mol. The van der Waals surface area contributed by atoms with Gasteiger partial charge in [0.25, 0.3) is 0 Å². The highest BCUT2D eigenvalue weighted by Gasteiger charge is 2.27. The molecule has 4 rings (SSSR count). The van der Waals surface area contributed by atoms with E-state index in [9.17, 15) is 9.18 Å². The Balaban J connectivity index is 1.53. The summed E-state index contributed by atoms with van der Waals surface area (Å²) in [5.41, 5.74) is 3.33. The van der Waals surface area contributed by atoms with Crippen molar-refractivity contribution < 1.29 is 9.18 Å². The smallest absolute Gasteiger partial charge is 0.238 e. The van der Waals surface area contributed by atoms with Crippen LogP contribution in [0.1, 0.15) is 24.5 Å². The maximum absolute atomic E-state index is 13.9. The van der Waals surface area contributed by atoms with Gasteiger partial charge in [0.2, 0.25) is 11.9 Å². The molecule has 1 saturated heterocycles. The van der Waals surface area contributed by atoms with E-state index in [4.69, 9.17) is 4.98 Å². The van der Waals surface area contributed by atoms with Crippen LogP contribution in [0.25, 0.3) is 11.1 Å². The van der Waals surface area contributed by atoms with Crippen LogP contribution in [0.2, 0.25) is 0 Å². The fourth-order valence-electron chi connectivity index (χ4n) is 4.13. The van der Waals surface area contributed by atoms with Crippen LogP contribution < -0.4 is 10.2 Å². The van der Waals surface area contributed by atoms with Crippen LogP contribution >= 0.6 is 0 Å². The molecule has 0 bridgehead atoms. The van der Waals surface area contributed by atoms with Crippen molar-refractivity contribution in [2.75, 3.05) is 43.9 Å². The van der Waals surface area contributed by atoms with Gasteiger partial charge in [-0.15, -0.1) is 0 Å². The number of benzene rings is 2. The third-order valence-corrected chi connectivity index (χ3v) is 5.70. The number of rotatable bonds is 6. The summed E-state index contributed by atoms with van der Waals surface area (Å²) in [7, 11) is 3.86. The number of piperidine rings is 1. The number of para-hydroxylation sites is 1. The first kappa shape index (κ1) is 21.9. The van der Waals surface area contributed by atoms with E-state index < -0.39 is 5.82 Å². The quantitative estimate of drug-likeness (QED) is 0.632. The molecule has 32 heavy (non-hydrogen) atoms. The maximum Gasteiger partial charge on any atom is 0.238 e. The first-order valence-corrected chi connectivity index (χ1v) is 10.9. The molecule has 3 aromatic rings. The van der Waals surface area contributed by atoms with E-state index in [1.54, 1.807) is 18.2 Å². The minimum Gasteiger partial charge on any atom is -0.347 e. The van der Waals surface area contributed by atoms with E-state index in [0.29, 0.717) is 12.5 Å². The van der Waals surface area contributed by atoms with Crippen LogP contribution in [0.4, 0.5) is 16.0 Å². The first-order chi connectivity index (χ1) is 15.5. The summed E-state index contributed by atoms with van der Waals surface area (Å²) < 4.78 is 13.9. The Hall–Kier alpha value is -3.32. The second kappa shape index (κ2) is 9.87. The van der Waals surface area contributed by atoms with Crippen molar-refractivity contribution in [2.45, 2.75) is 18.8 Å². The van der Waals surface area contributed by atoms with Gasteiger partial charge in [0.1, 0.15) is 5.82 Å². The standard InChI is InChI=1S/C25H28FN5O/c1-30(2)25-27-15-20(18-9-4-3-5-10-18)24(29-25)19-11-8-14-31(16-19)17-23(32)28-22-13-7-6-12-21(22)26/h3-7,9-10,12-13,15,19H,8,11,14,16-17H2,1-2H3,(H,28,32)/t19-/m1/s1. The molecule has 0 aliphatic carbocycles. The fourth-order valence-corrected chi connectivity index (χ4v) is 4.13.